The van der Waals surface area contributed by atoms with Crippen molar-refractivity contribution in [3.63, 3.8) is 0 Å². The molecule has 1 aromatic carbocycles. The Morgan fingerprint density at radius 1 is 1.23 bits per heavy atom. The van der Waals surface area contributed by atoms with Crippen LogP contribution in [-0.2, 0) is 11.8 Å². The SMILES string of the molecule is COc1cc2oc3c(C(=O)N4CCOCC4(C)C)nn(-c4ccsc4)c3c2cc1-c1ccn(C)n1. The van der Waals surface area contributed by atoms with Crippen LogP contribution < -0.4 is 4.74 Å². The number of fused-ring (bicyclic) bond motifs is 3. The molecule has 0 saturated carbocycles. The van der Waals surface area contributed by atoms with Gasteiger partial charge in [0.2, 0.25) is 0 Å². The smallest absolute Gasteiger partial charge is 0.278 e. The summed E-state index contributed by atoms with van der Waals surface area (Å²) in [7, 11) is 3.50. The molecular formula is C25H25N5O4S. The first-order valence-corrected chi connectivity index (χ1v) is 12.3. The fourth-order valence-corrected chi connectivity index (χ4v) is 5.29. The van der Waals surface area contributed by atoms with Crippen LogP contribution in [0.15, 0.2) is 45.6 Å². The number of morpholine rings is 1. The van der Waals surface area contributed by atoms with Gasteiger partial charge in [0.25, 0.3) is 5.91 Å². The third-order valence-electron chi connectivity index (χ3n) is 6.44. The number of nitrogens with zero attached hydrogens (tertiary/aromatic N) is 5. The number of carbonyl (C=O) groups is 1. The molecule has 0 N–H and O–H groups in total. The van der Waals surface area contributed by atoms with Crippen LogP contribution in [0, 0.1) is 0 Å². The number of thiophene rings is 1. The number of amides is 1. The van der Waals surface area contributed by atoms with Crippen molar-refractivity contribution in [1.82, 2.24) is 24.5 Å². The molecule has 5 aromatic rings. The van der Waals surface area contributed by atoms with Gasteiger partial charge in [-0.3, -0.25) is 9.48 Å². The minimum atomic E-state index is -0.449. The van der Waals surface area contributed by atoms with E-state index in [9.17, 15) is 4.79 Å². The summed E-state index contributed by atoms with van der Waals surface area (Å²) in [6, 6.07) is 7.77. The highest BCUT2D eigenvalue weighted by molar-refractivity contribution is 7.08. The Hall–Kier alpha value is -3.63. The van der Waals surface area contributed by atoms with Crippen molar-refractivity contribution in [2.24, 2.45) is 7.05 Å². The summed E-state index contributed by atoms with van der Waals surface area (Å²) in [6.07, 6.45) is 1.89. The number of aromatic nitrogens is 4. The molecule has 6 rings (SSSR count). The van der Waals surface area contributed by atoms with E-state index in [1.165, 1.54) is 0 Å². The van der Waals surface area contributed by atoms with Crippen molar-refractivity contribution in [3.05, 3.63) is 46.9 Å². The minimum absolute atomic E-state index is 0.173. The zero-order valence-electron chi connectivity index (χ0n) is 19.9. The summed E-state index contributed by atoms with van der Waals surface area (Å²) in [5.74, 6) is 0.470. The predicted octanol–water partition coefficient (Wildman–Crippen LogP) is 4.49. The van der Waals surface area contributed by atoms with Crippen molar-refractivity contribution in [2.75, 3.05) is 26.9 Å². The molecule has 0 unspecified atom stereocenters. The van der Waals surface area contributed by atoms with Gasteiger partial charge in [-0.05, 0) is 37.4 Å². The lowest BCUT2D eigenvalue weighted by atomic mass is 10.0. The van der Waals surface area contributed by atoms with E-state index in [1.54, 1.807) is 27.8 Å². The Morgan fingerprint density at radius 3 is 2.77 bits per heavy atom. The average Bonchev–Trinajstić information content (AvgIpc) is 3.62. The van der Waals surface area contributed by atoms with Crippen molar-refractivity contribution >= 4 is 39.3 Å². The molecule has 180 valence electrons. The van der Waals surface area contributed by atoms with Gasteiger partial charge < -0.3 is 18.8 Å². The number of hydrogen-bond acceptors (Lipinski definition) is 7. The molecule has 0 radical (unpaired) electrons. The molecule has 1 aliphatic heterocycles. The Balaban J connectivity index is 1.61. The Labute approximate surface area is 205 Å². The highest BCUT2D eigenvalue weighted by Gasteiger charge is 2.38. The van der Waals surface area contributed by atoms with E-state index in [0.29, 0.717) is 36.7 Å². The first-order valence-electron chi connectivity index (χ1n) is 11.3. The molecule has 1 aliphatic rings. The molecule has 5 heterocycles. The minimum Gasteiger partial charge on any atom is -0.496 e. The van der Waals surface area contributed by atoms with Gasteiger partial charge in [-0.2, -0.15) is 21.5 Å². The second-order valence-corrected chi connectivity index (χ2v) is 10.0. The molecule has 9 nitrogen and oxygen atoms in total. The maximum Gasteiger partial charge on any atom is 0.278 e. The predicted molar refractivity (Wildman–Crippen MR) is 133 cm³/mol. The van der Waals surface area contributed by atoms with Crippen LogP contribution >= 0.6 is 11.3 Å². The standard InChI is InChI=1S/C25H25N5O4S/c1-25(2)14-33-9-8-29(25)24(31)21-23-22(30(27-21)15-6-10-35-13-15)17-11-16(18-5-7-28(3)26-18)19(32-4)12-20(17)34-23/h5-7,10-13H,8-9,14H2,1-4H3. The van der Waals surface area contributed by atoms with Crippen molar-refractivity contribution in [2.45, 2.75) is 19.4 Å². The van der Waals surface area contributed by atoms with Crippen LogP contribution in [0.25, 0.3) is 39.0 Å². The molecule has 0 spiro atoms. The van der Waals surface area contributed by atoms with Gasteiger partial charge in [0.1, 0.15) is 16.8 Å². The summed E-state index contributed by atoms with van der Waals surface area (Å²) < 4.78 is 21.2. The molecule has 1 saturated heterocycles. The van der Waals surface area contributed by atoms with Gasteiger partial charge in [-0.15, -0.1) is 0 Å². The number of methoxy groups -OCH3 is 1. The fourth-order valence-electron chi connectivity index (χ4n) is 4.67. The van der Waals surface area contributed by atoms with Gasteiger partial charge >= 0.3 is 0 Å². The average molecular weight is 492 g/mol. The van der Waals surface area contributed by atoms with Crippen molar-refractivity contribution in [3.8, 4) is 22.7 Å². The lowest BCUT2D eigenvalue weighted by Crippen LogP contribution is -2.55. The summed E-state index contributed by atoms with van der Waals surface area (Å²) in [6.45, 7) is 5.46. The third-order valence-corrected chi connectivity index (χ3v) is 7.11. The van der Waals surface area contributed by atoms with Crippen LogP contribution in [0.1, 0.15) is 24.3 Å². The van der Waals surface area contributed by atoms with Gasteiger partial charge in [0, 0.05) is 42.2 Å². The maximum absolute atomic E-state index is 13.8. The number of hydrogen-bond donors (Lipinski definition) is 0. The van der Waals surface area contributed by atoms with Crippen LogP contribution in [-0.4, -0.2) is 62.8 Å². The number of benzene rings is 1. The third kappa shape index (κ3) is 3.43. The molecular weight excluding hydrogens is 466 g/mol. The highest BCUT2D eigenvalue weighted by Crippen LogP contribution is 2.40. The van der Waals surface area contributed by atoms with Gasteiger partial charge in [0.05, 0.1) is 37.2 Å². The number of aryl methyl sites for hydroxylation is 1. The monoisotopic (exact) mass is 491 g/mol. The summed E-state index contributed by atoms with van der Waals surface area (Å²) in [5, 5.41) is 14.2. The van der Waals surface area contributed by atoms with Crippen molar-refractivity contribution < 1.29 is 18.7 Å². The second-order valence-electron chi connectivity index (χ2n) is 9.27. The molecule has 4 aromatic heterocycles. The number of carbonyl (C=O) groups excluding carboxylic acids is 1. The van der Waals surface area contributed by atoms with E-state index in [4.69, 9.17) is 19.0 Å². The molecule has 35 heavy (non-hydrogen) atoms. The molecule has 10 heteroatoms. The Bertz CT molecular complexity index is 1560. The van der Waals surface area contributed by atoms with Crippen LogP contribution in [0.4, 0.5) is 0 Å². The second kappa shape index (κ2) is 7.96. The number of ether oxygens (including phenoxy) is 2. The van der Waals surface area contributed by atoms with Crippen LogP contribution in [0.5, 0.6) is 5.75 Å². The zero-order chi connectivity index (χ0) is 24.3. The fraction of sp³-hybridized carbons (Fsp3) is 0.320. The summed E-state index contributed by atoms with van der Waals surface area (Å²) in [5.41, 5.74) is 4.15. The van der Waals surface area contributed by atoms with Gasteiger partial charge in [0.15, 0.2) is 11.3 Å². The van der Waals surface area contributed by atoms with E-state index in [2.05, 4.69) is 5.10 Å². The highest BCUT2D eigenvalue weighted by atomic mass is 32.1. The van der Waals surface area contributed by atoms with Crippen LogP contribution in [0.3, 0.4) is 0 Å². The van der Waals surface area contributed by atoms with E-state index >= 15 is 0 Å². The molecule has 1 amide bonds. The topological polar surface area (TPSA) is 87.5 Å². The molecule has 0 aliphatic carbocycles. The van der Waals surface area contributed by atoms with E-state index in [-0.39, 0.29) is 11.6 Å². The molecule has 1 fully saturated rings. The lowest BCUT2D eigenvalue weighted by Gasteiger charge is -2.41. The lowest BCUT2D eigenvalue weighted by molar-refractivity contribution is -0.0372. The van der Waals surface area contributed by atoms with E-state index in [1.807, 2.05) is 67.0 Å². The first-order chi connectivity index (χ1) is 16.9. The maximum atomic E-state index is 13.8. The quantitative estimate of drug-likeness (QED) is 0.368. The van der Waals surface area contributed by atoms with Crippen molar-refractivity contribution in [1.29, 1.82) is 0 Å². The number of furan rings is 1. The van der Waals surface area contributed by atoms with E-state index < -0.39 is 5.54 Å². The summed E-state index contributed by atoms with van der Waals surface area (Å²) >= 11 is 1.57. The normalized spacial score (nSPS) is 15.8. The summed E-state index contributed by atoms with van der Waals surface area (Å²) in [4.78, 5) is 15.6. The largest absolute Gasteiger partial charge is 0.496 e. The van der Waals surface area contributed by atoms with Gasteiger partial charge in [-0.1, -0.05) is 0 Å². The Kier molecular flexibility index (Phi) is 4.97. The molecule has 0 atom stereocenters. The number of rotatable bonds is 4. The van der Waals surface area contributed by atoms with Crippen LogP contribution in [0.2, 0.25) is 0 Å². The molecule has 0 bridgehead atoms. The first kappa shape index (κ1) is 21.9. The zero-order valence-corrected chi connectivity index (χ0v) is 20.8. The Morgan fingerprint density at radius 2 is 2.09 bits per heavy atom. The van der Waals surface area contributed by atoms with E-state index in [0.717, 1.165) is 27.8 Å². The van der Waals surface area contributed by atoms with Gasteiger partial charge in [-0.25, -0.2) is 4.68 Å².